The van der Waals surface area contributed by atoms with Crippen LogP contribution >= 0.6 is 0 Å². The first kappa shape index (κ1) is 14.4. The Morgan fingerprint density at radius 3 is 2.25 bits per heavy atom. The van der Waals surface area contributed by atoms with Crippen LogP contribution in [0.3, 0.4) is 0 Å². The second-order valence-corrected chi connectivity index (χ2v) is 5.12. The van der Waals surface area contributed by atoms with E-state index in [0.29, 0.717) is 11.3 Å². The van der Waals surface area contributed by atoms with E-state index in [1.54, 1.807) is 12.1 Å². The number of hydrogen-bond acceptors (Lipinski definition) is 3. The molecule has 0 aliphatic carbocycles. The highest BCUT2D eigenvalue weighted by Gasteiger charge is 2.21. The van der Waals surface area contributed by atoms with Crippen LogP contribution in [0.25, 0.3) is 0 Å². The number of carbonyl (C=O) groups is 2. The number of aryl methyl sites for hydroxylation is 2. The summed E-state index contributed by atoms with van der Waals surface area (Å²) in [5.74, 6) is -0.426. The molecular weight excluding hydrogens is 258 g/mol. The molecule has 5 heteroatoms. The van der Waals surface area contributed by atoms with Crippen LogP contribution < -0.4 is 4.74 Å². The van der Waals surface area contributed by atoms with Crippen molar-refractivity contribution in [3.8, 4) is 5.75 Å². The fourth-order valence-electron chi connectivity index (χ4n) is 2.54. The van der Waals surface area contributed by atoms with Gasteiger partial charge in [0, 0.05) is 18.7 Å². The molecule has 1 aromatic rings. The fourth-order valence-corrected chi connectivity index (χ4v) is 2.54. The number of carboxylic acid groups (broad SMARTS) is 1. The van der Waals surface area contributed by atoms with Gasteiger partial charge in [-0.1, -0.05) is 0 Å². The fraction of sp³-hybridized carbons (Fsp3) is 0.467. The van der Waals surface area contributed by atoms with Crippen molar-refractivity contribution in [3.63, 3.8) is 0 Å². The molecular formula is C15H19NO4. The maximum Gasteiger partial charge on any atom is 0.341 e. The minimum absolute atomic E-state index is 0.0403. The van der Waals surface area contributed by atoms with Crippen LogP contribution in [0, 0.1) is 13.8 Å². The lowest BCUT2D eigenvalue weighted by atomic mass is 10.0. The van der Waals surface area contributed by atoms with Crippen molar-refractivity contribution in [1.82, 2.24) is 4.90 Å². The molecule has 1 aliphatic rings. The number of aliphatic carboxylic acids is 1. The molecule has 20 heavy (non-hydrogen) atoms. The molecule has 1 aromatic carbocycles. The van der Waals surface area contributed by atoms with Crippen molar-refractivity contribution >= 4 is 11.9 Å². The second kappa shape index (κ2) is 5.94. The Morgan fingerprint density at radius 1 is 1.20 bits per heavy atom. The molecule has 1 N–H and O–H groups in total. The van der Waals surface area contributed by atoms with E-state index in [0.717, 1.165) is 37.1 Å². The zero-order chi connectivity index (χ0) is 14.7. The molecule has 0 bridgehead atoms. The third-order valence-electron chi connectivity index (χ3n) is 3.44. The molecule has 1 saturated heterocycles. The smallest absolute Gasteiger partial charge is 0.341 e. The Balaban J connectivity index is 2.20. The number of carbonyl (C=O) groups excluding carboxylic acids is 1. The topological polar surface area (TPSA) is 66.8 Å². The van der Waals surface area contributed by atoms with Gasteiger partial charge in [0.25, 0.3) is 5.91 Å². The van der Waals surface area contributed by atoms with Crippen molar-refractivity contribution in [2.75, 3.05) is 19.7 Å². The lowest BCUT2D eigenvalue weighted by Crippen LogP contribution is -2.27. The third-order valence-corrected chi connectivity index (χ3v) is 3.44. The minimum atomic E-state index is -1.01. The number of nitrogens with zero attached hydrogens (tertiary/aromatic N) is 1. The minimum Gasteiger partial charge on any atom is -0.481 e. The van der Waals surface area contributed by atoms with Crippen LogP contribution in [0.1, 0.15) is 34.3 Å². The molecule has 1 fully saturated rings. The number of rotatable bonds is 4. The van der Waals surface area contributed by atoms with Crippen molar-refractivity contribution in [3.05, 3.63) is 28.8 Å². The van der Waals surface area contributed by atoms with Gasteiger partial charge in [0.15, 0.2) is 6.61 Å². The van der Waals surface area contributed by atoms with E-state index in [1.807, 2.05) is 18.7 Å². The van der Waals surface area contributed by atoms with Gasteiger partial charge < -0.3 is 14.7 Å². The molecule has 1 amide bonds. The Bertz CT molecular complexity index is 510. The Kier molecular flexibility index (Phi) is 4.27. The lowest BCUT2D eigenvalue weighted by Gasteiger charge is -2.17. The highest BCUT2D eigenvalue weighted by atomic mass is 16.5. The lowest BCUT2D eigenvalue weighted by molar-refractivity contribution is -0.139. The maximum atomic E-state index is 12.3. The van der Waals surface area contributed by atoms with E-state index >= 15 is 0 Å². The van der Waals surface area contributed by atoms with E-state index < -0.39 is 5.97 Å². The summed E-state index contributed by atoms with van der Waals surface area (Å²) in [5.41, 5.74) is 2.21. The van der Waals surface area contributed by atoms with Crippen molar-refractivity contribution in [2.24, 2.45) is 0 Å². The van der Waals surface area contributed by atoms with Gasteiger partial charge in [-0.05, 0) is 49.9 Å². The summed E-state index contributed by atoms with van der Waals surface area (Å²) in [4.78, 5) is 24.7. The predicted molar refractivity (Wildman–Crippen MR) is 74.2 cm³/mol. The van der Waals surface area contributed by atoms with Crippen LogP contribution in [-0.2, 0) is 4.79 Å². The quantitative estimate of drug-likeness (QED) is 0.914. The van der Waals surface area contributed by atoms with Gasteiger partial charge in [0.05, 0.1) is 0 Å². The number of likely N-dealkylation sites (tertiary alicyclic amines) is 1. The highest BCUT2D eigenvalue weighted by Crippen LogP contribution is 2.26. The molecule has 5 nitrogen and oxygen atoms in total. The number of hydrogen-bond donors (Lipinski definition) is 1. The van der Waals surface area contributed by atoms with Crippen LogP contribution in [0.5, 0.6) is 5.75 Å². The average molecular weight is 277 g/mol. The summed E-state index contributed by atoms with van der Waals surface area (Å²) in [5, 5.41) is 8.66. The summed E-state index contributed by atoms with van der Waals surface area (Å²) in [7, 11) is 0. The van der Waals surface area contributed by atoms with Crippen molar-refractivity contribution in [2.45, 2.75) is 26.7 Å². The largest absolute Gasteiger partial charge is 0.481 e. The highest BCUT2D eigenvalue weighted by molar-refractivity contribution is 5.95. The van der Waals surface area contributed by atoms with Gasteiger partial charge >= 0.3 is 5.97 Å². The summed E-state index contributed by atoms with van der Waals surface area (Å²) < 4.78 is 5.26. The summed E-state index contributed by atoms with van der Waals surface area (Å²) in [6.45, 7) is 4.90. The van der Waals surface area contributed by atoms with Gasteiger partial charge in [0.2, 0.25) is 0 Å². The van der Waals surface area contributed by atoms with Crippen LogP contribution in [0.2, 0.25) is 0 Å². The maximum absolute atomic E-state index is 12.3. The molecule has 2 rings (SSSR count). The molecule has 0 unspecified atom stereocenters. The van der Waals surface area contributed by atoms with E-state index in [2.05, 4.69) is 0 Å². The Hall–Kier alpha value is -2.04. The average Bonchev–Trinajstić information content (AvgIpc) is 2.90. The predicted octanol–water partition coefficient (Wildman–Crippen LogP) is 2.00. The van der Waals surface area contributed by atoms with Gasteiger partial charge in [-0.3, -0.25) is 4.79 Å². The number of ether oxygens (including phenoxy) is 1. The molecule has 1 heterocycles. The summed E-state index contributed by atoms with van der Waals surface area (Å²) in [6.07, 6.45) is 2.12. The Labute approximate surface area is 118 Å². The molecule has 0 aromatic heterocycles. The van der Waals surface area contributed by atoms with Crippen molar-refractivity contribution < 1.29 is 19.4 Å². The summed E-state index contributed by atoms with van der Waals surface area (Å²) in [6, 6.07) is 3.54. The standard InChI is InChI=1S/C15H19NO4/c1-10-7-12(15(19)16-5-3-4-6-16)8-11(2)14(10)20-9-13(17)18/h7-8H,3-6,9H2,1-2H3,(H,17,18). The first-order chi connectivity index (χ1) is 9.49. The number of carboxylic acids is 1. The zero-order valence-corrected chi connectivity index (χ0v) is 11.8. The Morgan fingerprint density at radius 2 is 1.75 bits per heavy atom. The van der Waals surface area contributed by atoms with E-state index in [1.165, 1.54) is 0 Å². The van der Waals surface area contributed by atoms with Crippen LogP contribution in [0.15, 0.2) is 12.1 Å². The third kappa shape index (κ3) is 3.10. The first-order valence-electron chi connectivity index (χ1n) is 6.74. The molecule has 0 radical (unpaired) electrons. The van der Waals surface area contributed by atoms with E-state index in [9.17, 15) is 9.59 Å². The normalized spacial score (nSPS) is 14.4. The SMILES string of the molecule is Cc1cc(C(=O)N2CCCC2)cc(C)c1OCC(=O)O. The molecule has 1 aliphatic heterocycles. The van der Waals surface area contributed by atoms with Gasteiger partial charge in [-0.2, -0.15) is 0 Å². The summed E-state index contributed by atoms with van der Waals surface area (Å²) >= 11 is 0. The number of amides is 1. The molecule has 0 spiro atoms. The van der Waals surface area contributed by atoms with Crippen molar-refractivity contribution in [1.29, 1.82) is 0 Å². The molecule has 0 saturated carbocycles. The second-order valence-electron chi connectivity index (χ2n) is 5.12. The van der Waals surface area contributed by atoms with E-state index in [-0.39, 0.29) is 12.5 Å². The first-order valence-corrected chi connectivity index (χ1v) is 6.74. The monoisotopic (exact) mass is 277 g/mol. The number of benzene rings is 1. The van der Waals surface area contributed by atoms with Crippen LogP contribution in [0.4, 0.5) is 0 Å². The van der Waals surface area contributed by atoms with E-state index in [4.69, 9.17) is 9.84 Å². The zero-order valence-electron chi connectivity index (χ0n) is 11.8. The van der Waals surface area contributed by atoms with Gasteiger partial charge in [-0.25, -0.2) is 4.79 Å². The van der Waals surface area contributed by atoms with Gasteiger partial charge in [-0.15, -0.1) is 0 Å². The van der Waals surface area contributed by atoms with Crippen LogP contribution in [-0.4, -0.2) is 41.6 Å². The van der Waals surface area contributed by atoms with Gasteiger partial charge in [0.1, 0.15) is 5.75 Å². The molecule has 108 valence electrons. The molecule has 0 atom stereocenters.